The summed E-state index contributed by atoms with van der Waals surface area (Å²) >= 11 is 0. The van der Waals surface area contributed by atoms with Gasteiger partial charge in [0.15, 0.2) is 0 Å². The minimum Gasteiger partial charge on any atom is -0.263 e. The minimum absolute atomic E-state index is 0.184. The molecule has 0 atom stereocenters. The minimum atomic E-state index is -3.68. The van der Waals surface area contributed by atoms with E-state index < -0.39 is 10.0 Å². The van der Waals surface area contributed by atoms with Crippen LogP contribution in [0.2, 0.25) is 0 Å². The Balaban J connectivity index is 2.33. The summed E-state index contributed by atoms with van der Waals surface area (Å²) in [5.74, 6) is 0.184. The van der Waals surface area contributed by atoms with Gasteiger partial charge in [0.05, 0.1) is 10.5 Å². The Morgan fingerprint density at radius 2 is 1.95 bits per heavy atom. The highest BCUT2D eigenvalue weighted by atomic mass is 32.2. The summed E-state index contributed by atoms with van der Waals surface area (Å²) in [5, 5.41) is 8.67. The molecule has 0 fully saturated rings. The van der Waals surface area contributed by atoms with Crippen molar-refractivity contribution in [2.45, 2.75) is 18.7 Å². The van der Waals surface area contributed by atoms with Crippen LogP contribution in [0.5, 0.6) is 0 Å². The van der Waals surface area contributed by atoms with Crippen molar-refractivity contribution in [3.63, 3.8) is 0 Å². The summed E-state index contributed by atoms with van der Waals surface area (Å²) < 4.78 is 26.9. The summed E-state index contributed by atoms with van der Waals surface area (Å²) in [6.45, 7) is 3.65. The van der Waals surface area contributed by atoms with Crippen molar-refractivity contribution in [2.24, 2.45) is 0 Å². The number of anilines is 1. The zero-order valence-electron chi connectivity index (χ0n) is 11.1. The van der Waals surface area contributed by atoms with Gasteiger partial charge in [0.25, 0.3) is 10.0 Å². The molecule has 1 aromatic heterocycles. The highest BCUT2D eigenvalue weighted by molar-refractivity contribution is 7.92. The molecule has 6 heteroatoms. The normalized spacial score (nSPS) is 10.8. The van der Waals surface area contributed by atoms with Crippen LogP contribution >= 0.6 is 0 Å². The van der Waals surface area contributed by atoms with E-state index in [1.54, 1.807) is 25.1 Å². The van der Waals surface area contributed by atoms with Gasteiger partial charge in [-0.25, -0.2) is 13.4 Å². The van der Waals surface area contributed by atoms with E-state index in [0.717, 1.165) is 5.56 Å². The number of hydrogen-bond acceptors (Lipinski definition) is 4. The Kier molecular flexibility index (Phi) is 3.72. The van der Waals surface area contributed by atoms with Gasteiger partial charge in [0, 0.05) is 6.20 Å². The van der Waals surface area contributed by atoms with Gasteiger partial charge < -0.3 is 0 Å². The van der Waals surface area contributed by atoms with Gasteiger partial charge in [-0.1, -0.05) is 17.7 Å². The molecule has 1 N–H and O–H groups in total. The number of hydrogen-bond donors (Lipinski definition) is 1. The fourth-order valence-corrected chi connectivity index (χ4v) is 3.05. The molecule has 0 spiro atoms. The molecular weight excluding hydrogens is 274 g/mol. The highest BCUT2D eigenvalue weighted by Crippen LogP contribution is 2.19. The van der Waals surface area contributed by atoms with Crippen molar-refractivity contribution < 1.29 is 8.42 Å². The molecule has 0 aliphatic heterocycles. The third-order valence-electron chi connectivity index (χ3n) is 2.75. The van der Waals surface area contributed by atoms with Crippen LogP contribution in [-0.2, 0) is 10.0 Å². The first-order valence-corrected chi connectivity index (χ1v) is 7.37. The molecule has 102 valence electrons. The van der Waals surface area contributed by atoms with Crippen LogP contribution in [-0.4, -0.2) is 13.4 Å². The first kappa shape index (κ1) is 14.0. The Bertz CT molecular complexity index is 775. The maximum atomic E-state index is 12.3. The van der Waals surface area contributed by atoms with Crippen molar-refractivity contribution in [3.8, 4) is 6.07 Å². The number of sulfonamides is 1. The Labute approximate surface area is 118 Å². The van der Waals surface area contributed by atoms with Crippen molar-refractivity contribution >= 4 is 15.8 Å². The molecule has 1 heterocycles. The van der Waals surface area contributed by atoms with Crippen LogP contribution < -0.4 is 4.72 Å². The molecule has 2 rings (SSSR count). The quantitative estimate of drug-likeness (QED) is 0.939. The molecule has 2 aromatic rings. The molecule has 0 aliphatic rings. The standard InChI is InChI=1S/C14H13N3O2S/c1-10-3-5-13(11(2)7-10)20(18,19)17-14-6-4-12(8-15)9-16-14/h3-7,9H,1-2H3,(H,16,17). The van der Waals surface area contributed by atoms with E-state index >= 15 is 0 Å². The maximum absolute atomic E-state index is 12.3. The van der Waals surface area contributed by atoms with Gasteiger partial charge >= 0.3 is 0 Å². The first-order chi connectivity index (χ1) is 9.42. The van der Waals surface area contributed by atoms with Crippen molar-refractivity contribution in [3.05, 3.63) is 53.2 Å². The summed E-state index contributed by atoms with van der Waals surface area (Å²) in [7, 11) is -3.68. The molecule has 5 nitrogen and oxygen atoms in total. The smallest absolute Gasteiger partial charge is 0.263 e. The fraction of sp³-hybridized carbons (Fsp3) is 0.143. The van der Waals surface area contributed by atoms with E-state index in [0.29, 0.717) is 11.1 Å². The van der Waals surface area contributed by atoms with E-state index in [-0.39, 0.29) is 10.7 Å². The molecule has 0 radical (unpaired) electrons. The number of nitrogens with one attached hydrogen (secondary N) is 1. The lowest BCUT2D eigenvalue weighted by Gasteiger charge is -2.10. The number of pyridine rings is 1. The van der Waals surface area contributed by atoms with Gasteiger partial charge in [-0.2, -0.15) is 5.26 Å². The lowest BCUT2D eigenvalue weighted by Crippen LogP contribution is -2.15. The monoisotopic (exact) mass is 287 g/mol. The summed E-state index contributed by atoms with van der Waals surface area (Å²) in [6, 6.07) is 10.0. The van der Waals surface area contributed by atoms with Crippen LogP contribution in [0.4, 0.5) is 5.82 Å². The number of benzene rings is 1. The Hall–Kier alpha value is -2.39. The summed E-state index contributed by atoms with van der Waals surface area (Å²) in [5.41, 5.74) is 2.04. The predicted octanol–water partition coefficient (Wildman–Crippen LogP) is 2.37. The van der Waals surface area contributed by atoms with Crippen LogP contribution in [0, 0.1) is 25.2 Å². The van der Waals surface area contributed by atoms with Crippen LogP contribution in [0.1, 0.15) is 16.7 Å². The van der Waals surface area contributed by atoms with E-state index in [2.05, 4.69) is 9.71 Å². The Morgan fingerprint density at radius 3 is 2.50 bits per heavy atom. The van der Waals surface area contributed by atoms with Gasteiger partial charge in [-0.15, -0.1) is 0 Å². The van der Waals surface area contributed by atoms with Gasteiger partial charge in [-0.05, 0) is 37.6 Å². The largest absolute Gasteiger partial charge is 0.263 e. The van der Waals surface area contributed by atoms with E-state index in [4.69, 9.17) is 5.26 Å². The number of nitriles is 1. The van der Waals surface area contributed by atoms with Crippen LogP contribution in [0.3, 0.4) is 0 Å². The lowest BCUT2D eigenvalue weighted by molar-refractivity contribution is 0.600. The molecule has 0 saturated carbocycles. The number of aryl methyl sites for hydroxylation is 2. The molecule has 0 aliphatic carbocycles. The number of rotatable bonds is 3. The third kappa shape index (κ3) is 2.95. The van der Waals surface area contributed by atoms with Gasteiger partial charge in [-0.3, -0.25) is 4.72 Å². The average molecular weight is 287 g/mol. The molecule has 0 amide bonds. The lowest BCUT2D eigenvalue weighted by atomic mass is 10.2. The number of aromatic nitrogens is 1. The SMILES string of the molecule is Cc1ccc(S(=O)(=O)Nc2ccc(C#N)cn2)c(C)c1. The van der Waals surface area contributed by atoms with Gasteiger partial charge in [0.2, 0.25) is 0 Å². The molecule has 1 aromatic carbocycles. The van der Waals surface area contributed by atoms with E-state index in [1.165, 1.54) is 18.3 Å². The summed E-state index contributed by atoms with van der Waals surface area (Å²) in [6.07, 6.45) is 1.32. The third-order valence-corrected chi connectivity index (χ3v) is 4.27. The van der Waals surface area contributed by atoms with Gasteiger partial charge in [0.1, 0.15) is 11.9 Å². The highest BCUT2D eigenvalue weighted by Gasteiger charge is 2.17. The molecule has 0 saturated heterocycles. The summed E-state index contributed by atoms with van der Waals surface area (Å²) in [4.78, 5) is 4.11. The molecule has 0 unspecified atom stereocenters. The fourth-order valence-electron chi connectivity index (χ4n) is 1.81. The second-order valence-electron chi connectivity index (χ2n) is 4.42. The average Bonchev–Trinajstić information content (AvgIpc) is 2.38. The topological polar surface area (TPSA) is 82.9 Å². The second-order valence-corrected chi connectivity index (χ2v) is 6.07. The van der Waals surface area contributed by atoms with Crippen LogP contribution in [0.25, 0.3) is 0 Å². The zero-order chi connectivity index (χ0) is 14.8. The van der Waals surface area contributed by atoms with E-state index in [1.807, 2.05) is 13.0 Å². The van der Waals surface area contributed by atoms with Crippen molar-refractivity contribution in [1.29, 1.82) is 5.26 Å². The van der Waals surface area contributed by atoms with Crippen molar-refractivity contribution in [1.82, 2.24) is 4.98 Å². The molecular formula is C14H13N3O2S. The molecule has 0 bridgehead atoms. The maximum Gasteiger partial charge on any atom is 0.263 e. The number of nitrogens with zero attached hydrogens (tertiary/aromatic N) is 2. The zero-order valence-corrected chi connectivity index (χ0v) is 11.9. The van der Waals surface area contributed by atoms with Crippen molar-refractivity contribution in [2.75, 3.05) is 4.72 Å². The molecule has 20 heavy (non-hydrogen) atoms. The van der Waals surface area contributed by atoms with Crippen LogP contribution in [0.15, 0.2) is 41.4 Å². The van der Waals surface area contributed by atoms with E-state index in [9.17, 15) is 8.42 Å². The predicted molar refractivity (Wildman–Crippen MR) is 75.7 cm³/mol. The first-order valence-electron chi connectivity index (χ1n) is 5.88. The Morgan fingerprint density at radius 1 is 1.20 bits per heavy atom. The second kappa shape index (κ2) is 5.31.